The van der Waals surface area contributed by atoms with Crippen LogP contribution in [0.5, 0.6) is 0 Å². The number of nitrogens with zero attached hydrogens (tertiary/aromatic N) is 3. The molecule has 0 saturated heterocycles. The van der Waals surface area contributed by atoms with E-state index in [1.807, 2.05) is 13.1 Å². The van der Waals surface area contributed by atoms with Crippen molar-refractivity contribution < 1.29 is 0 Å². The highest BCUT2D eigenvalue weighted by molar-refractivity contribution is 6.31. The minimum Gasteiger partial charge on any atom is -0.319 e. The lowest BCUT2D eigenvalue weighted by molar-refractivity contribution is 0.743. The van der Waals surface area contributed by atoms with E-state index in [2.05, 4.69) is 20.5 Å². The summed E-state index contributed by atoms with van der Waals surface area (Å²) in [5, 5.41) is 11.8. The minimum atomic E-state index is 0.654. The summed E-state index contributed by atoms with van der Waals surface area (Å²) >= 11 is 5.84. The van der Waals surface area contributed by atoms with E-state index >= 15 is 0 Å². The second kappa shape index (κ2) is 4.51. The van der Waals surface area contributed by atoms with Crippen LogP contribution in [0.2, 0.25) is 5.02 Å². The second-order valence-electron chi connectivity index (χ2n) is 3.21. The van der Waals surface area contributed by atoms with E-state index in [0.29, 0.717) is 5.02 Å². The van der Waals surface area contributed by atoms with E-state index in [4.69, 9.17) is 11.6 Å². The van der Waals surface area contributed by atoms with E-state index in [1.54, 1.807) is 12.1 Å². The van der Waals surface area contributed by atoms with Gasteiger partial charge in [-0.1, -0.05) is 11.6 Å². The third-order valence-corrected chi connectivity index (χ3v) is 2.29. The summed E-state index contributed by atoms with van der Waals surface area (Å²) in [6.07, 6.45) is 0.780. The van der Waals surface area contributed by atoms with Crippen LogP contribution in [0.1, 0.15) is 5.82 Å². The first kappa shape index (κ1) is 10.3. The van der Waals surface area contributed by atoms with Gasteiger partial charge < -0.3 is 5.32 Å². The standard InChI is InChI=1S/C10H11ClN4/c1-12-5-4-10-13-8-3-2-7(11)6-9(8)14-15-10/h2-3,6,12H,4-5H2,1H3. The molecule has 0 aliphatic carbocycles. The lowest BCUT2D eigenvalue weighted by Gasteiger charge is -2.00. The number of hydrogen-bond acceptors (Lipinski definition) is 4. The monoisotopic (exact) mass is 222 g/mol. The minimum absolute atomic E-state index is 0.654. The smallest absolute Gasteiger partial charge is 0.152 e. The summed E-state index contributed by atoms with van der Waals surface area (Å²) in [6, 6.07) is 5.42. The first-order chi connectivity index (χ1) is 7.29. The molecular weight excluding hydrogens is 212 g/mol. The van der Waals surface area contributed by atoms with Gasteiger partial charge in [0.15, 0.2) is 5.82 Å². The highest BCUT2D eigenvalue weighted by Gasteiger charge is 2.01. The molecule has 1 N–H and O–H groups in total. The molecule has 5 heteroatoms. The maximum atomic E-state index is 5.84. The lowest BCUT2D eigenvalue weighted by atomic mass is 10.3. The molecule has 2 aromatic rings. The fraction of sp³-hybridized carbons (Fsp3) is 0.300. The Hall–Kier alpha value is -1.26. The van der Waals surface area contributed by atoms with Crippen molar-refractivity contribution in [2.45, 2.75) is 6.42 Å². The molecule has 0 radical (unpaired) electrons. The van der Waals surface area contributed by atoms with Gasteiger partial charge in [-0.05, 0) is 25.2 Å². The van der Waals surface area contributed by atoms with Crippen LogP contribution in [0.15, 0.2) is 18.2 Å². The van der Waals surface area contributed by atoms with Crippen molar-refractivity contribution in [2.24, 2.45) is 0 Å². The molecule has 0 amide bonds. The average molecular weight is 223 g/mol. The van der Waals surface area contributed by atoms with Crippen LogP contribution in [0.4, 0.5) is 0 Å². The van der Waals surface area contributed by atoms with E-state index in [-0.39, 0.29) is 0 Å². The predicted octanol–water partition coefficient (Wildman–Crippen LogP) is 1.44. The summed E-state index contributed by atoms with van der Waals surface area (Å²) in [5.41, 5.74) is 1.57. The van der Waals surface area contributed by atoms with Crippen LogP contribution in [-0.2, 0) is 6.42 Å². The zero-order valence-corrected chi connectivity index (χ0v) is 9.12. The Bertz CT molecular complexity index is 472. The Morgan fingerprint density at radius 3 is 2.93 bits per heavy atom. The zero-order chi connectivity index (χ0) is 10.7. The number of fused-ring (bicyclic) bond motifs is 1. The molecule has 0 unspecified atom stereocenters. The summed E-state index contributed by atoms with van der Waals surface area (Å²) in [5.74, 6) is 0.749. The van der Waals surface area contributed by atoms with Gasteiger partial charge in [0.05, 0.1) is 5.52 Å². The molecule has 0 saturated carbocycles. The van der Waals surface area contributed by atoms with Crippen molar-refractivity contribution in [3.8, 4) is 0 Å². The van der Waals surface area contributed by atoms with Gasteiger partial charge in [0, 0.05) is 18.0 Å². The first-order valence-corrected chi connectivity index (χ1v) is 5.11. The number of halogens is 1. The molecule has 1 aromatic heterocycles. The third kappa shape index (κ3) is 2.40. The summed E-state index contributed by atoms with van der Waals surface area (Å²) in [4.78, 5) is 4.38. The Morgan fingerprint density at radius 2 is 2.13 bits per heavy atom. The molecule has 0 aliphatic rings. The number of benzene rings is 1. The molecule has 0 spiro atoms. The normalized spacial score (nSPS) is 10.8. The lowest BCUT2D eigenvalue weighted by Crippen LogP contribution is -2.12. The molecular formula is C10H11ClN4. The Labute approximate surface area is 92.7 Å². The molecule has 0 fully saturated rings. The maximum Gasteiger partial charge on any atom is 0.152 e. The van der Waals surface area contributed by atoms with Gasteiger partial charge in [-0.25, -0.2) is 4.98 Å². The quantitative estimate of drug-likeness (QED) is 0.854. The van der Waals surface area contributed by atoms with Crippen LogP contribution in [0.3, 0.4) is 0 Å². The molecule has 15 heavy (non-hydrogen) atoms. The first-order valence-electron chi connectivity index (χ1n) is 4.73. The van der Waals surface area contributed by atoms with Gasteiger partial charge in [-0.3, -0.25) is 0 Å². The predicted molar refractivity (Wildman–Crippen MR) is 60.0 cm³/mol. The SMILES string of the molecule is CNCCc1nnc2cc(Cl)ccc2n1. The van der Waals surface area contributed by atoms with Gasteiger partial charge in [0.2, 0.25) is 0 Å². The van der Waals surface area contributed by atoms with Crippen LogP contribution in [-0.4, -0.2) is 28.8 Å². The van der Waals surface area contributed by atoms with Crippen molar-refractivity contribution in [3.63, 3.8) is 0 Å². The van der Waals surface area contributed by atoms with Crippen molar-refractivity contribution in [2.75, 3.05) is 13.6 Å². The number of hydrogen-bond donors (Lipinski definition) is 1. The van der Waals surface area contributed by atoms with Crippen molar-refractivity contribution in [3.05, 3.63) is 29.0 Å². The molecule has 0 aliphatic heterocycles. The molecule has 0 bridgehead atoms. The second-order valence-corrected chi connectivity index (χ2v) is 3.65. The van der Waals surface area contributed by atoms with E-state index in [9.17, 15) is 0 Å². The number of nitrogens with one attached hydrogen (secondary N) is 1. The number of likely N-dealkylation sites (N-methyl/N-ethyl adjacent to an activating group) is 1. The fourth-order valence-corrected chi connectivity index (χ4v) is 1.45. The van der Waals surface area contributed by atoms with Crippen LogP contribution in [0.25, 0.3) is 11.0 Å². The Morgan fingerprint density at radius 1 is 1.27 bits per heavy atom. The Kier molecular flexibility index (Phi) is 3.08. The van der Waals surface area contributed by atoms with Crippen molar-refractivity contribution in [1.82, 2.24) is 20.5 Å². The van der Waals surface area contributed by atoms with Crippen LogP contribution >= 0.6 is 11.6 Å². The van der Waals surface area contributed by atoms with Gasteiger partial charge >= 0.3 is 0 Å². The van der Waals surface area contributed by atoms with E-state index in [1.165, 1.54) is 0 Å². The van der Waals surface area contributed by atoms with E-state index in [0.717, 1.165) is 29.8 Å². The van der Waals surface area contributed by atoms with Crippen molar-refractivity contribution in [1.29, 1.82) is 0 Å². The Balaban J connectivity index is 2.34. The fourth-order valence-electron chi connectivity index (χ4n) is 1.29. The third-order valence-electron chi connectivity index (χ3n) is 2.06. The summed E-state index contributed by atoms with van der Waals surface area (Å²) in [7, 11) is 1.90. The summed E-state index contributed by atoms with van der Waals surface area (Å²) < 4.78 is 0. The molecule has 1 heterocycles. The summed E-state index contributed by atoms with van der Waals surface area (Å²) in [6.45, 7) is 0.848. The zero-order valence-electron chi connectivity index (χ0n) is 8.37. The molecule has 4 nitrogen and oxygen atoms in total. The van der Waals surface area contributed by atoms with Gasteiger partial charge in [-0.15, -0.1) is 10.2 Å². The van der Waals surface area contributed by atoms with Gasteiger partial charge in [-0.2, -0.15) is 0 Å². The van der Waals surface area contributed by atoms with Crippen molar-refractivity contribution >= 4 is 22.6 Å². The van der Waals surface area contributed by atoms with Crippen LogP contribution < -0.4 is 5.32 Å². The number of rotatable bonds is 3. The molecule has 78 valence electrons. The molecule has 1 aromatic carbocycles. The highest BCUT2D eigenvalue weighted by Crippen LogP contribution is 2.14. The topological polar surface area (TPSA) is 50.7 Å². The highest BCUT2D eigenvalue weighted by atomic mass is 35.5. The molecule has 2 rings (SSSR count). The number of aromatic nitrogens is 3. The van der Waals surface area contributed by atoms with Gasteiger partial charge in [0.1, 0.15) is 5.52 Å². The van der Waals surface area contributed by atoms with E-state index < -0.39 is 0 Å². The molecule has 0 atom stereocenters. The van der Waals surface area contributed by atoms with Gasteiger partial charge in [0.25, 0.3) is 0 Å². The maximum absolute atomic E-state index is 5.84. The van der Waals surface area contributed by atoms with Crippen LogP contribution in [0, 0.1) is 0 Å². The average Bonchev–Trinajstić information content (AvgIpc) is 2.26. The largest absolute Gasteiger partial charge is 0.319 e.